The van der Waals surface area contributed by atoms with E-state index in [1.54, 1.807) is 6.07 Å². The molecule has 1 saturated heterocycles. The third-order valence-electron chi connectivity index (χ3n) is 4.36. The van der Waals surface area contributed by atoms with Crippen LogP contribution in [0, 0.1) is 0 Å². The highest BCUT2D eigenvalue weighted by Crippen LogP contribution is 2.37. The van der Waals surface area contributed by atoms with Gasteiger partial charge in [-0.05, 0) is 24.1 Å². The molecule has 0 amide bonds. The quantitative estimate of drug-likeness (QED) is 0.590. The second-order valence-corrected chi connectivity index (χ2v) is 6.44. The lowest BCUT2D eigenvalue weighted by molar-refractivity contribution is -0.137. The van der Waals surface area contributed by atoms with Crippen LogP contribution in [0.25, 0.3) is 0 Å². The van der Waals surface area contributed by atoms with Gasteiger partial charge in [0, 0.05) is 32.2 Å². The first-order valence-electron chi connectivity index (χ1n) is 8.25. The van der Waals surface area contributed by atoms with Crippen LogP contribution in [0.5, 0.6) is 0 Å². The highest BCUT2D eigenvalue weighted by atomic mass is 35.5. The maximum atomic E-state index is 12.9. The summed E-state index contributed by atoms with van der Waals surface area (Å²) >= 11 is 5.91. The fourth-order valence-electron chi connectivity index (χ4n) is 3.11. The van der Waals surface area contributed by atoms with Gasteiger partial charge in [-0.1, -0.05) is 43.9 Å². The van der Waals surface area contributed by atoms with Gasteiger partial charge in [-0.15, -0.1) is 24.8 Å². The van der Waals surface area contributed by atoms with Gasteiger partial charge in [0.15, 0.2) is 0 Å². The normalized spacial score (nSPS) is 16.7. The standard InChI is InChI=1S/C17H24ClF3N2.2ClH/c1-2-3-4-5-16(23-10-8-22-9-11-23)13-6-7-14(15(18)12-13)17(19,20)21;;/h6-7,12,16,22H,2-5,8-11H2,1H3;2*1H/t16-;;/m0../s1. The molecule has 146 valence electrons. The van der Waals surface area contributed by atoms with Crippen molar-refractivity contribution in [3.05, 3.63) is 34.3 Å². The Morgan fingerprint density at radius 1 is 1.16 bits per heavy atom. The van der Waals surface area contributed by atoms with Crippen molar-refractivity contribution in [3.8, 4) is 0 Å². The van der Waals surface area contributed by atoms with Crippen molar-refractivity contribution >= 4 is 36.4 Å². The summed E-state index contributed by atoms with van der Waals surface area (Å²) in [6, 6.07) is 4.35. The van der Waals surface area contributed by atoms with Crippen LogP contribution in [0.2, 0.25) is 5.02 Å². The molecule has 0 aliphatic carbocycles. The largest absolute Gasteiger partial charge is 0.417 e. The molecule has 0 saturated carbocycles. The minimum Gasteiger partial charge on any atom is -0.314 e. The molecule has 0 unspecified atom stereocenters. The molecule has 25 heavy (non-hydrogen) atoms. The smallest absolute Gasteiger partial charge is 0.314 e. The van der Waals surface area contributed by atoms with Gasteiger partial charge in [0.25, 0.3) is 0 Å². The Labute approximate surface area is 165 Å². The number of hydrogen-bond donors (Lipinski definition) is 1. The van der Waals surface area contributed by atoms with E-state index in [0.717, 1.165) is 63.5 Å². The van der Waals surface area contributed by atoms with Crippen molar-refractivity contribution in [1.82, 2.24) is 10.2 Å². The predicted molar refractivity (Wildman–Crippen MR) is 102 cm³/mol. The lowest BCUT2D eigenvalue weighted by Crippen LogP contribution is -2.45. The van der Waals surface area contributed by atoms with Crippen molar-refractivity contribution in [2.75, 3.05) is 26.2 Å². The van der Waals surface area contributed by atoms with E-state index in [1.165, 1.54) is 6.07 Å². The van der Waals surface area contributed by atoms with Gasteiger partial charge in [-0.3, -0.25) is 4.90 Å². The number of unbranched alkanes of at least 4 members (excludes halogenated alkanes) is 2. The Morgan fingerprint density at radius 3 is 2.32 bits per heavy atom. The van der Waals surface area contributed by atoms with E-state index in [-0.39, 0.29) is 35.9 Å². The van der Waals surface area contributed by atoms with Gasteiger partial charge in [0.05, 0.1) is 10.6 Å². The Hall–Kier alpha value is -0.200. The van der Waals surface area contributed by atoms with E-state index in [1.807, 2.05) is 0 Å². The fourth-order valence-corrected chi connectivity index (χ4v) is 3.41. The summed E-state index contributed by atoms with van der Waals surface area (Å²) in [5, 5.41) is 3.11. The second kappa shape index (κ2) is 11.5. The lowest BCUT2D eigenvalue weighted by Gasteiger charge is -2.35. The summed E-state index contributed by atoms with van der Waals surface area (Å²) in [5.41, 5.74) is 0.136. The van der Waals surface area contributed by atoms with Gasteiger partial charge in [0.1, 0.15) is 0 Å². The maximum Gasteiger partial charge on any atom is 0.417 e. The fraction of sp³-hybridized carbons (Fsp3) is 0.647. The first-order chi connectivity index (χ1) is 10.9. The Kier molecular flexibility index (Phi) is 11.4. The molecule has 1 atom stereocenters. The van der Waals surface area contributed by atoms with Gasteiger partial charge < -0.3 is 5.32 Å². The zero-order valence-electron chi connectivity index (χ0n) is 14.2. The summed E-state index contributed by atoms with van der Waals surface area (Å²) in [4.78, 5) is 2.35. The average Bonchev–Trinajstić information content (AvgIpc) is 2.51. The van der Waals surface area contributed by atoms with Crippen molar-refractivity contribution < 1.29 is 13.2 Å². The molecule has 1 aromatic carbocycles. The number of nitrogens with zero attached hydrogens (tertiary/aromatic N) is 1. The molecule has 0 aromatic heterocycles. The van der Waals surface area contributed by atoms with Crippen molar-refractivity contribution in [3.63, 3.8) is 0 Å². The van der Waals surface area contributed by atoms with Crippen LogP contribution in [-0.2, 0) is 6.18 Å². The van der Waals surface area contributed by atoms with E-state index >= 15 is 0 Å². The van der Waals surface area contributed by atoms with Crippen molar-refractivity contribution in [1.29, 1.82) is 0 Å². The van der Waals surface area contributed by atoms with E-state index in [4.69, 9.17) is 11.6 Å². The molecule has 1 heterocycles. The first kappa shape index (κ1) is 24.8. The molecular weight excluding hydrogens is 396 g/mol. The summed E-state index contributed by atoms with van der Waals surface area (Å²) in [6.07, 6.45) is -0.110. The first-order valence-corrected chi connectivity index (χ1v) is 8.62. The monoisotopic (exact) mass is 420 g/mol. The average molecular weight is 422 g/mol. The molecule has 2 rings (SSSR count). The summed E-state index contributed by atoms with van der Waals surface area (Å²) in [7, 11) is 0. The number of rotatable bonds is 6. The predicted octanol–water partition coefficient (Wildman–Crippen LogP) is 5.73. The molecule has 1 aliphatic rings. The van der Waals surface area contributed by atoms with Gasteiger partial charge in [0.2, 0.25) is 0 Å². The third kappa shape index (κ3) is 7.14. The highest BCUT2D eigenvalue weighted by Gasteiger charge is 2.33. The SMILES string of the molecule is CCCCC[C@@H](c1ccc(C(F)(F)F)c(Cl)c1)N1CCNCC1.Cl.Cl. The molecule has 0 bridgehead atoms. The molecule has 1 aromatic rings. The van der Waals surface area contributed by atoms with E-state index < -0.39 is 11.7 Å². The number of benzene rings is 1. The zero-order chi connectivity index (χ0) is 16.9. The molecule has 2 nitrogen and oxygen atoms in total. The van der Waals surface area contributed by atoms with Crippen LogP contribution in [0.3, 0.4) is 0 Å². The molecular formula is C17H26Cl3F3N2. The molecule has 1 N–H and O–H groups in total. The Balaban J connectivity index is 0.00000288. The van der Waals surface area contributed by atoms with Crippen molar-refractivity contribution in [2.45, 2.75) is 44.8 Å². The third-order valence-corrected chi connectivity index (χ3v) is 4.67. The van der Waals surface area contributed by atoms with Crippen LogP contribution in [0.4, 0.5) is 13.2 Å². The minimum atomic E-state index is -4.40. The number of alkyl halides is 3. The number of halogens is 6. The van der Waals surface area contributed by atoms with Crippen molar-refractivity contribution in [2.24, 2.45) is 0 Å². The number of piperazine rings is 1. The lowest BCUT2D eigenvalue weighted by atomic mass is 9.97. The van der Waals surface area contributed by atoms with Crippen LogP contribution in [0.1, 0.15) is 49.8 Å². The molecule has 0 radical (unpaired) electrons. The van der Waals surface area contributed by atoms with Crippen LogP contribution >= 0.6 is 36.4 Å². The Bertz CT molecular complexity index is 506. The molecule has 1 fully saturated rings. The maximum absolute atomic E-state index is 12.9. The van der Waals surface area contributed by atoms with Crippen LogP contribution < -0.4 is 5.32 Å². The van der Waals surface area contributed by atoms with Gasteiger partial charge in [-0.25, -0.2) is 0 Å². The highest BCUT2D eigenvalue weighted by molar-refractivity contribution is 6.31. The van der Waals surface area contributed by atoms with Crippen LogP contribution in [-0.4, -0.2) is 31.1 Å². The van der Waals surface area contributed by atoms with E-state index in [2.05, 4.69) is 17.1 Å². The zero-order valence-corrected chi connectivity index (χ0v) is 16.6. The van der Waals surface area contributed by atoms with Crippen LogP contribution in [0.15, 0.2) is 18.2 Å². The van der Waals surface area contributed by atoms with E-state index in [0.29, 0.717) is 0 Å². The summed E-state index contributed by atoms with van der Waals surface area (Å²) < 4.78 is 38.6. The van der Waals surface area contributed by atoms with Gasteiger partial charge >= 0.3 is 6.18 Å². The number of nitrogens with one attached hydrogen (secondary N) is 1. The van der Waals surface area contributed by atoms with E-state index in [9.17, 15) is 13.2 Å². The topological polar surface area (TPSA) is 15.3 Å². The summed E-state index contributed by atoms with van der Waals surface area (Å²) in [6.45, 7) is 5.80. The summed E-state index contributed by atoms with van der Waals surface area (Å²) in [5.74, 6) is 0. The molecule has 0 spiro atoms. The minimum absolute atomic E-state index is 0. The van der Waals surface area contributed by atoms with Gasteiger partial charge in [-0.2, -0.15) is 13.2 Å². The molecule has 1 aliphatic heterocycles. The second-order valence-electron chi connectivity index (χ2n) is 6.03. The Morgan fingerprint density at radius 2 is 1.80 bits per heavy atom. The number of hydrogen-bond acceptors (Lipinski definition) is 2. The molecule has 8 heteroatoms.